The zero-order chi connectivity index (χ0) is 8.69. The van der Waals surface area contributed by atoms with E-state index in [2.05, 4.69) is 6.58 Å². The summed E-state index contributed by atoms with van der Waals surface area (Å²) in [6, 6.07) is 0. The van der Waals surface area contributed by atoms with Crippen LogP contribution < -0.4 is 0 Å². The van der Waals surface area contributed by atoms with Crippen molar-refractivity contribution in [3.05, 3.63) is 34.6 Å². The lowest BCUT2D eigenvalue weighted by Gasteiger charge is -1.89. The van der Waals surface area contributed by atoms with Crippen molar-refractivity contribution in [2.45, 2.75) is 6.92 Å². The van der Waals surface area contributed by atoms with Crippen LogP contribution in [0.15, 0.2) is 34.6 Å². The summed E-state index contributed by atoms with van der Waals surface area (Å²) in [5, 5.41) is 0. The van der Waals surface area contributed by atoms with Crippen molar-refractivity contribution in [1.29, 1.82) is 0 Å². The van der Waals surface area contributed by atoms with E-state index in [1.807, 2.05) is 0 Å². The molecule has 0 saturated carbocycles. The summed E-state index contributed by atoms with van der Waals surface area (Å²) < 4.78 is 23.6. The lowest BCUT2D eigenvalue weighted by atomic mass is 10.4. The highest BCUT2D eigenvalue weighted by Gasteiger charge is 1.90. The van der Waals surface area contributed by atoms with Crippen LogP contribution in [0.3, 0.4) is 0 Å². The first kappa shape index (κ1) is 10.8. The third-order valence-corrected chi connectivity index (χ3v) is 1.79. The fourth-order valence-electron chi connectivity index (χ4n) is 0.367. The summed E-state index contributed by atoms with van der Waals surface area (Å²) in [4.78, 5) is 0.707. The van der Waals surface area contributed by atoms with Gasteiger partial charge in [0.25, 0.3) is 0 Å². The maximum atomic E-state index is 11.9. The normalized spacial score (nSPS) is 12.5. The summed E-state index contributed by atoms with van der Waals surface area (Å²) in [6.07, 6.45) is 4.49. The van der Waals surface area contributed by atoms with Crippen LogP contribution >= 0.6 is 24.3 Å². The highest BCUT2D eigenvalue weighted by atomic mass is 32.2. The molecule has 0 aliphatic carbocycles. The highest BCUT2D eigenvalue weighted by Crippen LogP contribution is 2.21. The van der Waals surface area contributed by atoms with Crippen molar-refractivity contribution >= 4 is 24.3 Å². The van der Waals surface area contributed by atoms with Crippen LogP contribution in [0, 0.1) is 0 Å². The zero-order valence-electron chi connectivity index (χ0n) is 6.01. The zero-order valence-corrected chi connectivity index (χ0v) is 7.64. The van der Waals surface area contributed by atoms with Gasteiger partial charge >= 0.3 is 0 Å². The van der Waals surface area contributed by atoms with Gasteiger partial charge in [-0.3, -0.25) is 0 Å². The van der Waals surface area contributed by atoms with Crippen LogP contribution in [0.2, 0.25) is 0 Å². The van der Waals surface area contributed by atoms with E-state index in [1.165, 1.54) is 12.2 Å². The number of hydrogen-bond donors (Lipinski definition) is 0. The average Bonchev–Trinajstić information content (AvgIpc) is 2.06. The Kier molecular flexibility index (Phi) is 6.36. The van der Waals surface area contributed by atoms with Gasteiger partial charge in [-0.05, 0) is 19.1 Å². The number of allylic oxidation sites excluding steroid dienone is 3. The first-order chi connectivity index (χ1) is 5.24. The van der Waals surface area contributed by atoms with E-state index in [4.69, 9.17) is 0 Å². The van der Waals surface area contributed by atoms with Crippen molar-refractivity contribution in [2.75, 3.05) is 0 Å². The average molecular weight is 194 g/mol. The molecule has 0 nitrogen and oxygen atoms in total. The van der Waals surface area contributed by atoms with Gasteiger partial charge in [0.1, 0.15) is 0 Å². The smallest absolute Gasteiger partial charge is 0.0808 e. The van der Waals surface area contributed by atoms with Crippen molar-refractivity contribution in [3.8, 4) is 0 Å². The molecule has 0 spiro atoms. The standard InChI is InChI=1S/C7H8F2S2/c1-3-7(11-9)5-4-6(2)10-8/h3-5H,2H2,1H3/b5-4-,7-3+. The van der Waals surface area contributed by atoms with Crippen LogP contribution in [0.5, 0.6) is 0 Å². The third-order valence-electron chi connectivity index (χ3n) is 0.906. The highest BCUT2D eigenvalue weighted by molar-refractivity contribution is 7.98. The van der Waals surface area contributed by atoms with Gasteiger partial charge in [0.05, 0.1) is 24.3 Å². The molecule has 0 bridgehead atoms. The summed E-state index contributed by atoms with van der Waals surface area (Å²) in [5.74, 6) is 0. The first-order valence-electron chi connectivity index (χ1n) is 2.85. The molecule has 0 saturated heterocycles. The van der Waals surface area contributed by atoms with Crippen molar-refractivity contribution in [2.24, 2.45) is 0 Å². The van der Waals surface area contributed by atoms with Crippen LogP contribution in [0.4, 0.5) is 7.77 Å². The Labute approximate surface area is 74.0 Å². The van der Waals surface area contributed by atoms with E-state index in [9.17, 15) is 7.77 Å². The quantitative estimate of drug-likeness (QED) is 0.615. The first-order valence-corrected chi connectivity index (χ1v) is 4.28. The Hall–Kier alpha value is -0.220. The molecule has 0 atom stereocenters. The Balaban J connectivity index is 4.00. The van der Waals surface area contributed by atoms with E-state index in [0.29, 0.717) is 4.91 Å². The number of hydrogen-bond acceptors (Lipinski definition) is 2. The molecule has 0 radical (unpaired) electrons. The molecule has 0 aromatic rings. The van der Waals surface area contributed by atoms with E-state index in [-0.39, 0.29) is 29.2 Å². The van der Waals surface area contributed by atoms with Gasteiger partial charge < -0.3 is 0 Å². The predicted octanol–water partition coefficient (Wildman–Crippen LogP) is 4.20. The second kappa shape index (κ2) is 6.49. The Morgan fingerprint density at radius 3 is 2.27 bits per heavy atom. The lowest BCUT2D eigenvalue weighted by Crippen LogP contribution is -1.65. The summed E-state index contributed by atoms with van der Waals surface area (Å²) in [7, 11) is 0. The van der Waals surface area contributed by atoms with Crippen LogP contribution in [0.1, 0.15) is 6.92 Å². The van der Waals surface area contributed by atoms with Crippen LogP contribution in [-0.2, 0) is 0 Å². The molecule has 62 valence electrons. The van der Waals surface area contributed by atoms with Crippen molar-refractivity contribution in [3.63, 3.8) is 0 Å². The van der Waals surface area contributed by atoms with E-state index < -0.39 is 0 Å². The van der Waals surface area contributed by atoms with Crippen molar-refractivity contribution in [1.82, 2.24) is 0 Å². The monoisotopic (exact) mass is 194 g/mol. The van der Waals surface area contributed by atoms with Gasteiger partial charge in [0.15, 0.2) is 0 Å². The van der Waals surface area contributed by atoms with Gasteiger partial charge in [-0.15, -0.1) is 0 Å². The fourth-order valence-corrected chi connectivity index (χ4v) is 0.695. The summed E-state index contributed by atoms with van der Waals surface area (Å²) in [5.41, 5.74) is 0. The van der Waals surface area contributed by atoms with Crippen LogP contribution in [0.25, 0.3) is 0 Å². The number of halogens is 2. The Morgan fingerprint density at radius 2 is 1.91 bits per heavy atom. The molecule has 0 rings (SSSR count). The molecule has 0 aliphatic heterocycles. The SMILES string of the molecule is C=C(/C=C\C(=C/C)SF)SF. The van der Waals surface area contributed by atoms with Crippen molar-refractivity contribution < 1.29 is 7.77 Å². The van der Waals surface area contributed by atoms with Gasteiger partial charge in [-0.1, -0.05) is 12.7 Å². The molecule has 0 heterocycles. The molecular formula is C7H8F2S2. The largest absolute Gasteiger partial charge is 0.160 e. The van der Waals surface area contributed by atoms with Gasteiger partial charge in [-0.25, -0.2) is 0 Å². The minimum absolute atomic E-state index is 0.0476. The molecule has 0 N–H and O–H groups in total. The molecule has 0 fully saturated rings. The van der Waals surface area contributed by atoms with Gasteiger partial charge in [-0.2, -0.15) is 7.77 Å². The van der Waals surface area contributed by atoms with Crippen LogP contribution in [-0.4, -0.2) is 0 Å². The summed E-state index contributed by atoms with van der Waals surface area (Å²) in [6.45, 7) is 5.06. The fraction of sp³-hybridized carbons (Fsp3) is 0.143. The maximum absolute atomic E-state index is 11.9. The minimum Gasteiger partial charge on any atom is -0.160 e. The topological polar surface area (TPSA) is 0 Å². The molecule has 4 heteroatoms. The molecule has 0 aliphatic rings. The lowest BCUT2D eigenvalue weighted by molar-refractivity contribution is 0.943. The van der Waals surface area contributed by atoms with Gasteiger partial charge in [0, 0.05) is 9.81 Å². The molecular weight excluding hydrogens is 186 g/mol. The summed E-state index contributed by atoms with van der Waals surface area (Å²) >= 11 is 0.171. The second-order valence-electron chi connectivity index (χ2n) is 1.64. The molecule has 11 heavy (non-hydrogen) atoms. The van der Waals surface area contributed by atoms with E-state index in [0.717, 1.165) is 0 Å². The van der Waals surface area contributed by atoms with E-state index in [1.54, 1.807) is 13.0 Å². The van der Waals surface area contributed by atoms with E-state index >= 15 is 0 Å². The molecule has 0 aromatic heterocycles. The number of rotatable bonds is 4. The maximum Gasteiger partial charge on any atom is 0.0808 e. The van der Waals surface area contributed by atoms with Gasteiger partial charge in [0.2, 0.25) is 0 Å². The molecule has 0 aromatic carbocycles. The minimum atomic E-state index is 0.0476. The molecule has 0 amide bonds. The Bertz CT molecular complexity index is 185. The predicted molar refractivity (Wildman–Crippen MR) is 49.4 cm³/mol. The Morgan fingerprint density at radius 1 is 1.27 bits per heavy atom. The molecule has 0 unspecified atom stereocenters. The second-order valence-corrected chi connectivity index (χ2v) is 2.95. The third kappa shape index (κ3) is 5.09.